The summed E-state index contributed by atoms with van der Waals surface area (Å²) < 4.78 is 1.63. The van der Waals surface area contributed by atoms with Crippen molar-refractivity contribution in [3.05, 3.63) is 71.3 Å². The molecule has 0 saturated heterocycles. The summed E-state index contributed by atoms with van der Waals surface area (Å²) in [6.45, 7) is 6.20. The lowest BCUT2D eigenvalue weighted by Gasteiger charge is -2.16. The molecule has 128 valence electrons. The van der Waals surface area contributed by atoms with Gasteiger partial charge in [-0.15, -0.1) is 5.10 Å². The van der Waals surface area contributed by atoms with Crippen molar-refractivity contribution >= 4 is 11.6 Å². The third-order valence-corrected chi connectivity index (χ3v) is 4.47. The highest BCUT2D eigenvalue weighted by Crippen LogP contribution is 2.19. The lowest BCUT2D eigenvalue weighted by Crippen LogP contribution is -2.27. The molecule has 1 amide bonds. The Morgan fingerprint density at radius 1 is 1.08 bits per heavy atom. The monoisotopic (exact) mass is 334 g/mol. The van der Waals surface area contributed by atoms with Crippen molar-refractivity contribution in [1.82, 2.24) is 14.8 Å². The lowest BCUT2D eigenvalue weighted by molar-refractivity contribution is 0.0983. The molecule has 5 nitrogen and oxygen atoms in total. The van der Waals surface area contributed by atoms with Crippen LogP contribution >= 0.6 is 0 Å². The maximum absolute atomic E-state index is 12.7. The van der Waals surface area contributed by atoms with Crippen LogP contribution in [0.5, 0.6) is 0 Å². The van der Waals surface area contributed by atoms with Gasteiger partial charge in [-0.05, 0) is 61.2 Å². The van der Waals surface area contributed by atoms with Gasteiger partial charge in [-0.25, -0.2) is 9.67 Å². The van der Waals surface area contributed by atoms with E-state index in [1.54, 1.807) is 23.0 Å². The van der Waals surface area contributed by atoms with Crippen LogP contribution in [0.1, 0.15) is 34.2 Å². The number of amides is 1. The fraction of sp³-hybridized carbons (Fsp3) is 0.250. The van der Waals surface area contributed by atoms with Crippen LogP contribution in [0.2, 0.25) is 0 Å². The second-order valence-corrected chi connectivity index (χ2v) is 6.17. The Labute approximate surface area is 147 Å². The van der Waals surface area contributed by atoms with Gasteiger partial charge in [-0.2, -0.15) is 0 Å². The summed E-state index contributed by atoms with van der Waals surface area (Å²) in [6, 6.07) is 14.0. The van der Waals surface area contributed by atoms with Crippen molar-refractivity contribution < 1.29 is 4.79 Å². The Morgan fingerprint density at radius 2 is 1.80 bits per heavy atom. The van der Waals surface area contributed by atoms with Crippen LogP contribution in [-0.4, -0.2) is 27.7 Å². The largest absolute Gasteiger partial charge is 0.309 e. The maximum atomic E-state index is 12.7. The quantitative estimate of drug-likeness (QED) is 0.730. The zero-order chi connectivity index (χ0) is 18.0. The zero-order valence-electron chi connectivity index (χ0n) is 15.0. The van der Waals surface area contributed by atoms with Crippen LogP contribution in [-0.2, 0) is 6.42 Å². The molecule has 3 rings (SSSR count). The summed E-state index contributed by atoms with van der Waals surface area (Å²) in [5.74, 6) is -0.0486. The van der Waals surface area contributed by atoms with Gasteiger partial charge in [0.1, 0.15) is 6.33 Å². The van der Waals surface area contributed by atoms with Gasteiger partial charge in [0.15, 0.2) is 0 Å². The molecule has 0 atom stereocenters. The molecule has 0 bridgehead atoms. The van der Waals surface area contributed by atoms with E-state index in [0.717, 1.165) is 23.4 Å². The SMILES string of the molecule is CCc1ccc(-n2cnc(C(=O)N(C)c3ccc(C)c(C)c3)n2)cc1. The number of aromatic nitrogens is 3. The highest BCUT2D eigenvalue weighted by atomic mass is 16.2. The molecule has 0 aliphatic heterocycles. The highest BCUT2D eigenvalue weighted by molar-refractivity contribution is 6.03. The van der Waals surface area contributed by atoms with Gasteiger partial charge in [0.2, 0.25) is 5.82 Å². The molecule has 3 aromatic rings. The van der Waals surface area contributed by atoms with Crippen LogP contribution in [0.3, 0.4) is 0 Å². The number of hydrogen-bond acceptors (Lipinski definition) is 3. The molecule has 0 aliphatic carbocycles. The molecule has 0 unspecified atom stereocenters. The zero-order valence-corrected chi connectivity index (χ0v) is 15.0. The van der Waals surface area contributed by atoms with Crippen LogP contribution in [0.4, 0.5) is 5.69 Å². The molecule has 0 aliphatic rings. The number of rotatable bonds is 4. The third kappa shape index (κ3) is 3.45. The molecule has 5 heteroatoms. The van der Waals surface area contributed by atoms with Crippen LogP contribution in [0.15, 0.2) is 48.8 Å². The second kappa shape index (κ2) is 6.89. The van der Waals surface area contributed by atoms with E-state index in [-0.39, 0.29) is 11.7 Å². The molecular formula is C20H22N4O. The average Bonchev–Trinajstić information content (AvgIpc) is 3.13. The minimum Gasteiger partial charge on any atom is -0.309 e. The van der Waals surface area contributed by atoms with Crippen LogP contribution < -0.4 is 4.90 Å². The van der Waals surface area contributed by atoms with Gasteiger partial charge in [-0.3, -0.25) is 4.79 Å². The van der Waals surface area contributed by atoms with E-state index in [4.69, 9.17) is 0 Å². The molecular weight excluding hydrogens is 312 g/mol. The summed E-state index contributed by atoms with van der Waals surface area (Å²) >= 11 is 0. The first-order valence-corrected chi connectivity index (χ1v) is 8.36. The number of hydrogen-bond donors (Lipinski definition) is 0. The Bertz CT molecular complexity index is 896. The van der Waals surface area contributed by atoms with Gasteiger partial charge in [0.05, 0.1) is 5.69 Å². The fourth-order valence-corrected chi connectivity index (χ4v) is 2.57. The first-order valence-electron chi connectivity index (χ1n) is 8.36. The number of anilines is 1. The Balaban J connectivity index is 1.82. The van der Waals surface area contributed by atoms with Gasteiger partial charge < -0.3 is 4.90 Å². The first kappa shape index (κ1) is 16.9. The van der Waals surface area contributed by atoms with Crippen LogP contribution in [0, 0.1) is 13.8 Å². The lowest BCUT2D eigenvalue weighted by atomic mass is 10.1. The molecule has 0 saturated carbocycles. The normalized spacial score (nSPS) is 10.7. The average molecular weight is 334 g/mol. The second-order valence-electron chi connectivity index (χ2n) is 6.17. The van der Waals surface area contributed by atoms with Crippen molar-refractivity contribution in [2.75, 3.05) is 11.9 Å². The predicted molar refractivity (Wildman–Crippen MR) is 99.4 cm³/mol. The molecule has 1 aromatic heterocycles. The molecule has 0 fully saturated rings. The van der Waals surface area contributed by atoms with E-state index in [9.17, 15) is 4.79 Å². The van der Waals surface area contributed by atoms with Crippen LogP contribution in [0.25, 0.3) is 5.69 Å². The summed E-state index contributed by atoms with van der Waals surface area (Å²) in [5.41, 5.74) is 5.32. The predicted octanol–water partition coefficient (Wildman–Crippen LogP) is 3.72. The smallest absolute Gasteiger partial charge is 0.297 e. The van der Waals surface area contributed by atoms with Gasteiger partial charge in [0.25, 0.3) is 5.91 Å². The number of aryl methyl sites for hydroxylation is 3. The van der Waals surface area contributed by atoms with Crippen molar-refractivity contribution in [2.24, 2.45) is 0 Å². The van der Waals surface area contributed by atoms with Crippen molar-refractivity contribution in [3.8, 4) is 5.69 Å². The van der Waals surface area contributed by atoms with E-state index in [1.165, 1.54) is 11.1 Å². The Morgan fingerprint density at radius 3 is 2.44 bits per heavy atom. The summed E-state index contributed by atoms with van der Waals surface area (Å²) in [7, 11) is 1.74. The molecule has 0 radical (unpaired) electrons. The van der Waals surface area contributed by atoms with Crippen molar-refractivity contribution in [1.29, 1.82) is 0 Å². The number of nitrogens with zero attached hydrogens (tertiary/aromatic N) is 4. The summed E-state index contributed by atoms with van der Waals surface area (Å²) in [5, 5.41) is 4.34. The van der Waals surface area contributed by atoms with Gasteiger partial charge in [-0.1, -0.05) is 25.1 Å². The van der Waals surface area contributed by atoms with E-state index in [2.05, 4.69) is 29.1 Å². The van der Waals surface area contributed by atoms with Crippen molar-refractivity contribution in [3.63, 3.8) is 0 Å². The van der Waals surface area contributed by atoms with E-state index in [1.807, 2.05) is 44.2 Å². The van der Waals surface area contributed by atoms with Gasteiger partial charge in [0, 0.05) is 12.7 Å². The van der Waals surface area contributed by atoms with Crippen molar-refractivity contribution in [2.45, 2.75) is 27.2 Å². The Kier molecular flexibility index (Phi) is 4.65. The molecule has 25 heavy (non-hydrogen) atoms. The number of carbonyl (C=O) groups is 1. The third-order valence-electron chi connectivity index (χ3n) is 4.47. The maximum Gasteiger partial charge on any atom is 0.297 e. The molecule has 0 N–H and O–H groups in total. The molecule has 1 heterocycles. The van der Waals surface area contributed by atoms with E-state index in [0.29, 0.717) is 0 Å². The fourth-order valence-electron chi connectivity index (χ4n) is 2.57. The van der Waals surface area contributed by atoms with E-state index < -0.39 is 0 Å². The topological polar surface area (TPSA) is 51.0 Å². The molecule has 2 aromatic carbocycles. The minimum absolute atomic E-state index is 0.181. The molecule has 0 spiro atoms. The number of benzene rings is 2. The number of carbonyl (C=O) groups excluding carboxylic acids is 1. The van der Waals surface area contributed by atoms with Gasteiger partial charge >= 0.3 is 0 Å². The minimum atomic E-state index is -0.229. The summed E-state index contributed by atoms with van der Waals surface area (Å²) in [4.78, 5) is 18.4. The Hall–Kier alpha value is -2.95. The highest BCUT2D eigenvalue weighted by Gasteiger charge is 2.18. The standard InChI is InChI=1S/C20H22N4O/c1-5-16-7-10-17(11-8-16)24-13-21-19(22-24)20(25)23(4)18-9-6-14(2)15(3)12-18/h6-13H,5H2,1-4H3. The first-order chi connectivity index (χ1) is 12.0. The summed E-state index contributed by atoms with van der Waals surface area (Å²) in [6.07, 6.45) is 2.56. The van der Waals surface area contributed by atoms with E-state index >= 15 is 0 Å².